The van der Waals surface area contributed by atoms with Crippen LogP contribution in [0.15, 0.2) is 29.2 Å². The molecule has 0 heterocycles. The van der Waals surface area contributed by atoms with Crippen molar-refractivity contribution in [3.63, 3.8) is 0 Å². The molecule has 0 aliphatic carbocycles. The van der Waals surface area contributed by atoms with Gasteiger partial charge in [0.2, 0.25) is 15.9 Å². The zero-order chi connectivity index (χ0) is 14.6. The first kappa shape index (κ1) is 15.5. The molecule has 0 saturated heterocycles. The first-order valence-electron chi connectivity index (χ1n) is 5.43. The normalized spacial score (nSPS) is 12.9. The fraction of sp³-hybridized carbons (Fsp3) is 0.273. The second-order valence-corrected chi connectivity index (χ2v) is 6.24. The van der Waals surface area contributed by atoms with Gasteiger partial charge in [0, 0.05) is 18.0 Å². The number of nitrogens with two attached hydrogens (primary N) is 2. The summed E-state index contributed by atoms with van der Waals surface area (Å²) < 4.78 is 26.5. The van der Waals surface area contributed by atoms with E-state index >= 15 is 0 Å². The first-order chi connectivity index (χ1) is 8.72. The molecule has 1 aromatic rings. The summed E-state index contributed by atoms with van der Waals surface area (Å²) in [5.74, 6) is -0.577. The van der Waals surface area contributed by atoms with E-state index in [1.165, 1.54) is 12.1 Å². The Morgan fingerprint density at radius 1 is 1.42 bits per heavy atom. The highest BCUT2D eigenvalue weighted by Gasteiger charge is 2.19. The van der Waals surface area contributed by atoms with Crippen LogP contribution in [-0.4, -0.2) is 25.4 Å². The number of primary amides is 1. The number of amides is 1. The molecule has 0 fully saturated rings. The molecule has 0 aliphatic rings. The molecule has 104 valence electrons. The van der Waals surface area contributed by atoms with E-state index in [0.29, 0.717) is 5.56 Å². The minimum Gasteiger partial charge on any atom is -0.389 e. The highest BCUT2D eigenvalue weighted by atomic mass is 32.2. The van der Waals surface area contributed by atoms with E-state index in [2.05, 4.69) is 4.72 Å². The summed E-state index contributed by atoms with van der Waals surface area (Å²) in [4.78, 5) is 10.9. The van der Waals surface area contributed by atoms with Crippen LogP contribution in [0.3, 0.4) is 0 Å². The first-order valence-corrected chi connectivity index (χ1v) is 7.32. The second-order valence-electron chi connectivity index (χ2n) is 4.08. The Labute approximate surface area is 117 Å². The molecule has 0 aromatic heterocycles. The third-order valence-corrected chi connectivity index (χ3v) is 4.12. The molecule has 1 rings (SSSR count). The number of hydrogen-bond donors (Lipinski definition) is 3. The summed E-state index contributed by atoms with van der Waals surface area (Å²) in [5.41, 5.74) is 10.9. The number of nitrogens with one attached hydrogen (secondary N) is 1. The van der Waals surface area contributed by atoms with Gasteiger partial charge in [0.25, 0.3) is 0 Å². The third-order valence-electron chi connectivity index (χ3n) is 2.29. The minimum atomic E-state index is -3.73. The van der Waals surface area contributed by atoms with Crippen LogP contribution in [0.5, 0.6) is 0 Å². The van der Waals surface area contributed by atoms with E-state index < -0.39 is 22.0 Å². The van der Waals surface area contributed by atoms with Gasteiger partial charge in [-0.2, -0.15) is 0 Å². The molecular weight excluding hydrogens is 286 g/mol. The lowest BCUT2D eigenvalue weighted by molar-refractivity contribution is -0.118. The van der Waals surface area contributed by atoms with Gasteiger partial charge in [0.1, 0.15) is 4.99 Å². The molecule has 0 saturated carbocycles. The molecule has 6 nitrogen and oxygen atoms in total. The van der Waals surface area contributed by atoms with Crippen LogP contribution in [0, 0.1) is 0 Å². The third kappa shape index (κ3) is 4.58. The summed E-state index contributed by atoms with van der Waals surface area (Å²) in [7, 11) is -3.73. The molecule has 0 spiro atoms. The van der Waals surface area contributed by atoms with E-state index in [4.69, 9.17) is 23.7 Å². The summed E-state index contributed by atoms with van der Waals surface area (Å²) >= 11 is 4.79. The predicted octanol–water partition coefficient (Wildman–Crippen LogP) is -0.137. The lowest BCUT2D eigenvalue weighted by atomic mass is 10.2. The number of benzene rings is 1. The topological polar surface area (TPSA) is 115 Å². The van der Waals surface area contributed by atoms with Gasteiger partial charge in [-0.05, 0) is 19.1 Å². The lowest BCUT2D eigenvalue weighted by Gasteiger charge is -2.13. The van der Waals surface area contributed by atoms with Crippen molar-refractivity contribution >= 4 is 33.1 Å². The Hall–Kier alpha value is -1.51. The van der Waals surface area contributed by atoms with Crippen LogP contribution < -0.4 is 16.2 Å². The molecule has 1 atom stereocenters. The van der Waals surface area contributed by atoms with Gasteiger partial charge in [-0.25, -0.2) is 13.1 Å². The number of thiocarbonyl (C=S) groups is 1. The largest absolute Gasteiger partial charge is 0.389 e. The van der Waals surface area contributed by atoms with Crippen molar-refractivity contribution in [1.29, 1.82) is 0 Å². The maximum absolute atomic E-state index is 12.1. The zero-order valence-electron chi connectivity index (χ0n) is 10.3. The van der Waals surface area contributed by atoms with Gasteiger partial charge in [0.05, 0.1) is 4.90 Å². The van der Waals surface area contributed by atoms with Gasteiger partial charge < -0.3 is 11.5 Å². The Bertz CT molecular complexity index is 599. The molecule has 0 aliphatic heterocycles. The molecule has 0 bridgehead atoms. The van der Waals surface area contributed by atoms with Crippen molar-refractivity contribution in [3.05, 3.63) is 29.8 Å². The van der Waals surface area contributed by atoms with E-state index in [-0.39, 0.29) is 16.3 Å². The van der Waals surface area contributed by atoms with Crippen LogP contribution in [0.4, 0.5) is 0 Å². The number of carbonyl (C=O) groups excluding carboxylic acids is 1. The lowest BCUT2D eigenvalue weighted by Crippen LogP contribution is -2.35. The fourth-order valence-corrected chi connectivity index (χ4v) is 2.91. The van der Waals surface area contributed by atoms with Crippen molar-refractivity contribution in [3.8, 4) is 0 Å². The van der Waals surface area contributed by atoms with E-state index in [1.807, 2.05) is 0 Å². The molecule has 1 unspecified atom stereocenters. The average Bonchev–Trinajstić information content (AvgIpc) is 2.27. The van der Waals surface area contributed by atoms with E-state index in [9.17, 15) is 13.2 Å². The molecular formula is C11H15N3O3S2. The summed E-state index contributed by atoms with van der Waals surface area (Å²) in [6.45, 7) is 1.56. The molecule has 1 aromatic carbocycles. The SMILES string of the molecule is CC(CC(N)=O)NS(=O)(=O)c1cccc(C(N)=S)c1. The highest BCUT2D eigenvalue weighted by Crippen LogP contribution is 2.12. The number of hydrogen-bond acceptors (Lipinski definition) is 4. The van der Waals surface area contributed by atoms with Crippen LogP contribution in [0.2, 0.25) is 0 Å². The predicted molar refractivity (Wildman–Crippen MR) is 75.9 cm³/mol. The van der Waals surface area contributed by atoms with E-state index in [1.54, 1.807) is 19.1 Å². The average molecular weight is 301 g/mol. The van der Waals surface area contributed by atoms with Crippen LogP contribution >= 0.6 is 12.2 Å². The van der Waals surface area contributed by atoms with Crippen molar-refractivity contribution < 1.29 is 13.2 Å². The number of rotatable bonds is 6. The molecule has 1 amide bonds. The van der Waals surface area contributed by atoms with E-state index in [0.717, 1.165) is 0 Å². The van der Waals surface area contributed by atoms with Crippen LogP contribution in [0.25, 0.3) is 0 Å². The molecule has 19 heavy (non-hydrogen) atoms. The van der Waals surface area contributed by atoms with Gasteiger partial charge in [-0.15, -0.1) is 0 Å². The standard InChI is InChI=1S/C11H15N3O3S2/c1-7(5-10(12)15)14-19(16,17)9-4-2-3-8(6-9)11(13)18/h2-4,6-7,14H,5H2,1H3,(H2,12,15)(H2,13,18). The Balaban J connectivity index is 2.97. The minimum absolute atomic E-state index is 0.0362. The summed E-state index contributed by atoms with van der Waals surface area (Å²) in [5, 5.41) is 0. The maximum Gasteiger partial charge on any atom is 0.240 e. The van der Waals surface area contributed by atoms with Gasteiger partial charge in [-0.3, -0.25) is 4.79 Å². The molecule has 5 N–H and O–H groups in total. The maximum atomic E-state index is 12.1. The van der Waals surface area contributed by atoms with Crippen molar-refractivity contribution in [2.45, 2.75) is 24.3 Å². The quantitative estimate of drug-likeness (QED) is 0.633. The summed E-state index contributed by atoms with van der Waals surface area (Å²) in [6.07, 6.45) is -0.0752. The molecule has 0 radical (unpaired) electrons. The highest BCUT2D eigenvalue weighted by molar-refractivity contribution is 7.89. The van der Waals surface area contributed by atoms with Crippen molar-refractivity contribution in [2.75, 3.05) is 0 Å². The van der Waals surface area contributed by atoms with Crippen molar-refractivity contribution in [1.82, 2.24) is 4.72 Å². The van der Waals surface area contributed by atoms with Crippen LogP contribution in [-0.2, 0) is 14.8 Å². The van der Waals surface area contributed by atoms with Crippen molar-refractivity contribution in [2.24, 2.45) is 11.5 Å². The smallest absolute Gasteiger partial charge is 0.240 e. The zero-order valence-corrected chi connectivity index (χ0v) is 11.9. The summed E-state index contributed by atoms with van der Waals surface area (Å²) in [6, 6.07) is 5.37. The molecule has 8 heteroatoms. The fourth-order valence-electron chi connectivity index (χ4n) is 1.49. The van der Waals surface area contributed by atoms with Gasteiger partial charge in [-0.1, -0.05) is 24.4 Å². The second kappa shape index (κ2) is 6.09. The van der Waals surface area contributed by atoms with Gasteiger partial charge in [0.15, 0.2) is 0 Å². The monoisotopic (exact) mass is 301 g/mol. The Kier molecular flexibility index (Phi) is 4.98. The van der Waals surface area contributed by atoms with Gasteiger partial charge >= 0.3 is 0 Å². The Morgan fingerprint density at radius 3 is 2.58 bits per heavy atom. The Morgan fingerprint density at radius 2 is 2.05 bits per heavy atom. The van der Waals surface area contributed by atoms with Crippen LogP contribution in [0.1, 0.15) is 18.9 Å². The number of sulfonamides is 1. The number of carbonyl (C=O) groups is 1.